The second-order valence-electron chi connectivity index (χ2n) is 19.2. The molecular formula is C62H108O6. The molecule has 0 heterocycles. The van der Waals surface area contributed by atoms with Crippen LogP contribution in [0.1, 0.15) is 284 Å². The van der Waals surface area contributed by atoms with Crippen LogP contribution in [-0.4, -0.2) is 37.2 Å². The Labute approximate surface area is 421 Å². The minimum absolute atomic E-state index is 0.103. The number of ether oxygens (including phenoxy) is 3. The Morgan fingerprint density at radius 1 is 0.294 bits per heavy atom. The van der Waals surface area contributed by atoms with Gasteiger partial charge in [0.05, 0.1) is 0 Å². The molecule has 0 N–H and O–H groups in total. The number of carbonyl (C=O) groups excluding carboxylic acids is 3. The van der Waals surface area contributed by atoms with E-state index in [0.29, 0.717) is 19.3 Å². The molecule has 0 aromatic carbocycles. The summed E-state index contributed by atoms with van der Waals surface area (Å²) in [5.41, 5.74) is 0. The van der Waals surface area contributed by atoms with Crippen molar-refractivity contribution in [1.29, 1.82) is 0 Å². The predicted octanol–water partition coefficient (Wildman–Crippen LogP) is 19.4. The van der Waals surface area contributed by atoms with Crippen LogP contribution in [0.4, 0.5) is 0 Å². The van der Waals surface area contributed by atoms with Crippen LogP contribution in [-0.2, 0) is 28.6 Å². The summed E-state index contributed by atoms with van der Waals surface area (Å²) in [5.74, 6) is -0.980. The Balaban J connectivity index is 4.45. The van der Waals surface area contributed by atoms with Crippen LogP contribution in [0.3, 0.4) is 0 Å². The highest BCUT2D eigenvalue weighted by Gasteiger charge is 2.19. The van der Waals surface area contributed by atoms with E-state index in [9.17, 15) is 14.4 Å². The van der Waals surface area contributed by atoms with Crippen LogP contribution < -0.4 is 0 Å². The van der Waals surface area contributed by atoms with Gasteiger partial charge in [0.2, 0.25) is 0 Å². The van der Waals surface area contributed by atoms with Crippen LogP contribution in [0, 0.1) is 0 Å². The molecule has 1 atom stereocenters. The molecular weight excluding hydrogens is 841 g/mol. The second kappa shape index (κ2) is 56.4. The third-order valence-corrected chi connectivity index (χ3v) is 12.4. The molecule has 0 rings (SSSR count). The summed E-state index contributed by atoms with van der Waals surface area (Å²) in [6.45, 7) is 6.56. The molecule has 0 aliphatic heterocycles. The molecule has 0 aliphatic rings. The molecule has 0 unspecified atom stereocenters. The summed E-state index contributed by atoms with van der Waals surface area (Å²) < 4.78 is 16.8. The van der Waals surface area contributed by atoms with E-state index in [1.54, 1.807) is 0 Å². The summed E-state index contributed by atoms with van der Waals surface area (Å²) in [5, 5.41) is 0. The Morgan fingerprint density at radius 2 is 0.559 bits per heavy atom. The molecule has 6 nitrogen and oxygen atoms in total. The Hall–Kier alpha value is -3.15. The number of carbonyl (C=O) groups is 3. The number of hydrogen-bond donors (Lipinski definition) is 0. The lowest BCUT2D eigenvalue weighted by molar-refractivity contribution is -0.166. The molecule has 0 aliphatic carbocycles. The maximum Gasteiger partial charge on any atom is 0.306 e. The average Bonchev–Trinajstić information content (AvgIpc) is 3.34. The van der Waals surface area contributed by atoms with Gasteiger partial charge in [-0.2, -0.15) is 0 Å². The molecule has 0 aromatic rings. The highest BCUT2D eigenvalue weighted by molar-refractivity contribution is 5.71. The fraction of sp³-hybridized carbons (Fsp3) is 0.758. The average molecular weight is 950 g/mol. The van der Waals surface area contributed by atoms with Gasteiger partial charge in [0.25, 0.3) is 0 Å². The minimum Gasteiger partial charge on any atom is -0.462 e. The molecule has 0 saturated heterocycles. The molecule has 0 fully saturated rings. The van der Waals surface area contributed by atoms with Gasteiger partial charge in [-0.25, -0.2) is 0 Å². The highest BCUT2D eigenvalue weighted by atomic mass is 16.6. The van der Waals surface area contributed by atoms with Crippen molar-refractivity contribution >= 4 is 17.9 Å². The zero-order valence-electron chi connectivity index (χ0n) is 44.9. The Bertz CT molecular complexity index is 1270. The van der Waals surface area contributed by atoms with E-state index in [0.717, 1.165) is 64.2 Å². The van der Waals surface area contributed by atoms with E-state index in [1.807, 2.05) is 6.08 Å². The number of rotatable bonds is 52. The highest BCUT2D eigenvalue weighted by Crippen LogP contribution is 2.15. The van der Waals surface area contributed by atoms with Crippen LogP contribution >= 0.6 is 0 Å². The van der Waals surface area contributed by atoms with Gasteiger partial charge in [0.15, 0.2) is 6.10 Å². The van der Waals surface area contributed by atoms with E-state index in [1.165, 1.54) is 173 Å². The summed E-state index contributed by atoms with van der Waals surface area (Å²) in [6, 6.07) is 0. The maximum atomic E-state index is 12.8. The Kier molecular flexibility index (Phi) is 53.8. The fourth-order valence-corrected chi connectivity index (χ4v) is 8.07. The maximum absolute atomic E-state index is 12.8. The van der Waals surface area contributed by atoms with Gasteiger partial charge in [0.1, 0.15) is 13.2 Å². The SMILES string of the molecule is CCCCC/C=C\C/C=C\C/C=C\C/C=C\C/C=C\CCC(=O)O[C@H](COC(=O)CCCCCCCCCCC/C=C\CCCCCCCC)COC(=O)CCCCCCCCCCCCCC. The quantitative estimate of drug-likeness (QED) is 0.0262. The zero-order valence-corrected chi connectivity index (χ0v) is 44.9. The number of allylic oxidation sites excluding steroid dienone is 12. The van der Waals surface area contributed by atoms with Crippen LogP contribution in [0.25, 0.3) is 0 Å². The van der Waals surface area contributed by atoms with Crippen LogP contribution in [0.15, 0.2) is 72.9 Å². The van der Waals surface area contributed by atoms with E-state index >= 15 is 0 Å². The first kappa shape index (κ1) is 64.8. The van der Waals surface area contributed by atoms with Gasteiger partial charge in [-0.05, 0) is 83.5 Å². The van der Waals surface area contributed by atoms with Crippen LogP contribution in [0.2, 0.25) is 0 Å². The molecule has 0 radical (unpaired) electrons. The van der Waals surface area contributed by atoms with Gasteiger partial charge < -0.3 is 14.2 Å². The largest absolute Gasteiger partial charge is 0.462 e. The summed E-state index contributed by atoms with van der Waals surface area (Å²) in [4.78, 5) is 38.1. The van der Waals surface area contributed by atoms with Crippen molar-refractivity contribution in [1.82, 2.24) is 0 Å². The number of hydrogen-bond acceptors (Lipinski definition) is 6. The van der Waals surface area contributed by atoms with Gasteiger partial charge in [0, 0.05) is 19.3 Å². The molecule has 0 spiro atoms. The lowest BCUT2D eigenvalue weighted by Gasteiger charge is -2.18. The first-order valence-corrected chi connectivity index (χ1v) is 28.9. The molecule has 0 amide bonds. The molecule has 6 heteroatoms. The van der Waals surface area contributed by atoms with Gasteiger partial charge in [-0.1, -0.05) is 254 Å². The van der Waals surface area contributed by atoms with Gasteiger partial charge in [-0.3, -0.25) is 14.4 Å². The topological polar surface area (TPSA) is 78.9 Å². The standard InChI is InChI=1S/C62H108O6/c1-4-7-10-13-16-19-22-25-27-29-31-33-35-37-40-43-46-49-52-55-61(64)67-58-59(57-66-60(63)54-51-48-45-42-39-24-21-18-15-12-9-6-3)68-62(65)56-53-50-47-44-41-38-36-34-32-30-28-26-23-20-17-14-11-8-5-2/h17,20,25-28,32,34,38,41,47,50,59H,4-16,18-19,21-24,29-31,33,35-37,39-40,42-46,48-49,51-58H2,1-3H3/b20-17-,27-25-,28-26-,34-32-,41-38-,50-47-/t59-/m0/s1. The van der Waals surface area contributed by atoms with Crippen molar-refractivity contribution in [2.45, 2.75) is 290 Å². The lowest BCUT2D eigenvalue weighted by Crippen LogP contribution is -2.30. The normalized spacial score (nSPS) is 12.6. The van der Waals surface area contributed by atoms with E-state index in [-0.39, 0.29) is 37.5 Å². The van der Waals surface area contributed by atoms with Crippen molar-refractivity contribution in [2.75, 3.05) is 13.2 Å². The molecule has 68 heavy (non-hydrogen) atoms. The smallest absolute Gasteiger partial charge is 0.306 e. The summed E-state index contributed by atoms with van der Waals surface area (Å²) in [7, 11) is 0. The monoisotopic (exact) mass is 949 g/mol. The molecule has 0 aromatic heterocycles. The summed E-state index contributed by atoms with van der Waals surface area (Å²) >= 11 is 0. The first-order valence-electron chi connectivity index (χ1n) is 28.9. The predicted molar refractivity (Wildman–Crippen MR) is 293 cm³/mol. The third-order valence-electron chi connectivity index (χ3n) is 12.4. The van der Waals surface area contributed by atoms with Crippen molar-refractivity contribution in [3.05, 3.63) is 72.9 Å². The molecule has 0 saturated carbocycles. The first-order chi connectivity index (χ1) is 33.5. The van der Waals surface area contributed by atoms with E-state index < -0.39 is 6.10 Å². The molecule has 392 valence electrons. The second-order valence-corrected chi connectivity index (χ2v) is 19.2. The van der Waals surface area contributed by atoms with Crippen molar-refractivity contribution in [3.63, 3.8) is 0 Å². The van der Waals surface area contributed by atoms with Crippen molar-refractivity contribution in [2.24, 2.45) is 0 Å². The summed E-state index contributed by atoms with van der Waals surface area (Å²) in [6.07, 6.45) is 71.9. The van der Waals surface area contributed by atoms with E-state index in [2.05, 4.69) is 87.6 Å². The van der Waals surface area contributed by atoms with Crippen molar-refractivity contribution in [3.8, 4) is 0 Å². The molecule has 0 bridgehead atoms. The zero-order chi connectivity index (χ0) is 49.3. The third kappa shape index (κ3) is 53.8. The number of esters is 3. The van der Waals surface area contributed by atoms with Crippen molar-refractivity contribution < 1.29 is 28.6 Å². The van der Waals surface area contributed by atoms with Gasteiger partial charge in [-0.15, -0.1) is 0 Å². The number of unbranched alkanes of at least 4 members (excludes halogenated alkanes) is 29. The minimum atomic E-state index is -0.814. The fourth-order valence-electron chi connectivity index (χ4n) is 8.07. The van der Waals surface area contributed by atoms with E-state index in [4.69, 9.17) is 14.2 Å². The lowest BCUT2D eigenvalue weighted by atomic mass is 10.0. The van der Waals surface area contributed by atoms with Gasteiger partial charge >= 0.3 is 17.9 Å². The van der Waals surface area contributed by atoms with Crippen LogP contribution in [0.5, 0.6) is 0 Å². The Morgan fingerprint density at radius 3 is 0.926 bits per heavy atom.